The van der Waals surface area contributed by atoms with Crippen LogP contribution >= 0.6 is 0 Å². The van der Waals surface area contributed by atoms with E-state index < -0.39 is 17.3 Å². The number of nitrogens with zero attached hydrogens (tertiary/aromatic N) is 1. The van der Waals surface area contributed by atoms with E-state index in [2.05, 4.69) is 5.32 Å². The summed E-state index contributed by atoms with van der Waals surface area (Å²) >= 11 is 0. The van der Waals surface area contributed by atoms with E-state index in [-0.39, 0.29) is 42.6 Å². The SMILES string of the molecule is C[C@H](NC(=O)CN1C(=O)C(C)(C)c2c1ccc(C1CC1)c2F)[C@@H](C)CC(=O)O. The van der Waals surface area contributed by atoms with Crippen LogP contribution in [0.3, 0.4) is 0 Å². The molecule has 1 heterocycles. The second-order valence-corrected chi connectivity index (χ2v) is 8.58. The van der Waals surface area contributed by atoms with E-state index >= 15 is 4.39 Å². The minimum atomic E-state index is -1.03. The molecular weight excluding hydrogens is 363 g/mol. The van der Waals surface area contributed by atoms with Crippen LogP contribution in [0.15, 0.2) is 12.1 Å². The van der Waals surface area contributed by atoms with Crippen LogP contribution in [-0.2, 0) is 19.8 Å². The molecule has 0 radical (unpaired) electrons. The van der Waals surface area contributed by atoms with Gasteiger partial charge in [-0.15, -0.1) is 0 Å². The quantitative estimate of drug-likeness (QED) is 0.749. The first kappa shape index (κ1) is 20.3. The minimum Gasteiger partial charge on any atom is -0.481 e. The van der Waals surface area contributed by atoms with E-state index in [1.54, 1.807) is 39.8 Å². The number of carboxylic acid groups (broad SMARTS) is 1. The van der Waals surface area contributed by atoms with Gasteiger partial charge in [-0.3, -0.25) is 14.4 Å². The number of hydrogen-bond donors (Lipinski definition) is 2. The van der Waals surface area contributed by atoms with E-state index in [1.165, 1.54) is 4.90 Å². The maximum atomic E-state index is 15.1. The van der Waals surface area contributed by atoms with Crippen LogP contribution in [-0.4, -0.2) is 35.5 Å². The molecule has 0 aromatic heterocycles. The Labute approximate surface area is 164 Å². The van der Waals surface area contributed by atoms with Crippen LogP contribution in [0.5, 0.6) is 0 Å². The lowest BCUT2D eigenvalue weighted by Gasteiger charge is -2.23. The standard InChI is InChI=1S/C21H27FN2O4/c1-11(9-17(26)27)12(2)23-16(25)10-24-15-8-7-14(13-5-6-13)19(22)18(15)21(3,4)20(24)28/h7-8,11-13H,5-6,9-10H2,1-4H3,(H,23,25)(H,26,27)/t11-,12-/m0/s1. The van der Waals surface area contributed by atoms with Gasteiger partial charge >= 0.3 is 5.97 Å². The maximum Gasteiger partial charge on any atom is 0.303 e. The van der Waals surface area contributed by atoms with Crippen molar-refractivity contribution in [2.45, 2.75) is 64.3 Å². The minimum absolute atomic E-state index is 0.0604. The van der Waals surface area contributed by atoms with Gasteiger partial charge < -0.3 is 15.3 Å². The highest BCUT2D eigenvalue weighted by Gasteiger charge is 2.47. The Morgan fingerprint density at radius 3 is 2.54 bits per heavy atom. The van der Waals surface area contributed by atoms with Crippen molar-refractivity contribution in [2.24, 2.45) is 5.92 Å². The maximum absolute atomic E-state index is 15.1. The summed E-state index contributed by atoms with van der Waals surface area (Å²) in [6, 6.07) is 3.11. The molecule has 1 saturated carbocycles. The number of benzene rings is 1. The third kappa shape index (κ3) is 3.62. The number of carboxylic acids is 1. The van der Waals surface area contributed by atoms with Gasteiger partial charge in [0.1, 0.15) is 12.4 Å². The predicted molar refractivity (Wildman–Crippen MR) is 103 cm³/mol. The summed E-state index contributed by atoms with van der Waals surface area (Å²) in [7, 11) is 0. The molecule has 1 aliphatic carbocycles. The molecule has 7 heteroatoms. The molecule has 1 aliphatic heterocycles. The molecule has 0 saturated heterocycles. The summed E-state index contributed by atoms with van der Waals surface area (Å²) in [5.41, 5.74) is 0.426. The van der Waals surface area contributed by atoms with Crippen molar-refractivity contribution in [3.05, 3.63) is 29.1 Å². The van der Waals surface area contributed by atoms with E-state index in [9.17, 15) is 14.4 Å². The van der Waals surface area contributed by atoms with Crippen molar-refractivity contribution in [2.75, 3.05) is 11.4 Å². The fourth-order valence-corrected chi connectivity index (χ4v) is 3.86. The van der Waals surface area contributed by atoms with Crippen LogP contribution in [0.4, 0.5) is 10.1 Å². The highest BCUT2D eigenvalue weighted by molar-refractivity contribution is 6.10. The van der Waals surface area contributed by atoms with Gasteiger partial charge in [-0.05, 0) is 57.1 Å². The molecular formula is C21H27FN2O4. The van der Waals surface area contributed by atoms with Gasteiger partial charge in [0.2, 0.25) is 11.8 Å². The smallest absolute Gasteiger partial charge is 0.303 e. The van der Waals surface area contributed by atoms with E-state index in [0.29, 0.717) is 16.8 Å². The molecule has 2 amide bonds. The monoisotopic (exact) mass is 390 g/mol. The molecule has 6 nitrogen and oxygen atoms in total. The first-order valence-corrected chi connectivity index (χ1v) is 9.70. The Morgan fingerprint density at radius 1 is 1.32 bits per heavy atom. The fourth-order valence-electron chi connectivity index (χ4n) is 3.86. The largest absolute Gasteiger partial charge is 0.481 e. The second kappa shape index (κ2) is 7.18. The topological polar surface area (TPSA) is 86.7 Å². The van der Waals surface area contributed by atoms with Crippen molar-refractivity contribution in [1.29, 1.82) is 0 Å². The summed E-state index contributed by atoms with van der Waals surface area (Å²) in [5.74, 6) is -1.99. The Hall–Kier alpha value is -2.44. The lowest BCUT2D eigenvalue weighted by molar-refractivity contribution is -0.138. The third-order valence-corrected chi connectivity index (χ3v) is 5.90. The number of carbonyl (C=O) groups excluding carboxylic acids is 2. The lowest BCUT2D eigenvalue weighted by atomic mass is 9.84. The van der Waals surface area contributed by atoms with Crippen LogP contribution in [0.2, 0.25) is 0 Å². The van der Waals surface area contributed by atoms with Crippen molar-refractivity contribution in [1.82, 2.24) is 5.32 Å². The number of fused-ring (bicyclic) bond motifs is 1. The van der Waals surface area contributed by atoms with Gasteiger partial charge in [-0.1, -0.05) is 13.0 Å². The fraction of sp³-hybridized carbons (Fsp3) is 0.571. The summed E-state index contributed by atoms with van der Waals surface area (Å²) in [5, 5.41) is 11.6. The van der Waals surface area contributed by atoms with Gasteiger partial charge in [-0.25, -0.2) is 4.39 Å². The van der Waals surface area contributed by atoms with Crippen LogP contribution in [0.1, 0.15) is 64.0 Å². The molecule has 0 spiro atoms. The molecule has 0 bridgehead atoms. The first-order valence-electron chi connectivity index (χ1n) is 9.70. The molecule has 1 aromatic carbocycles. The van der Waals surface area contributed by atoms with Gasteiger partial charge in [0.15, 0.2) is 0 Å². The highest BCUT2D eigenvalue weighted by atomic mass is 19.1. The molecule has 152 valence electrons. The zero-order valence-corrected chi connectivity index (χ0v) is 16.7. The van der Waals surface area contributed by atoms with Crippen LogP contribution < -0.4 is 10.2 Å². The summed E-state index contributed by atoms with van der Waals surface area (Å²) in [4.78, 5) is 37.6. The normalized spacial score (nSPS) is 19.9. The van der Waals surface area contributed by atoms with Gasteiger partial charge in [0.05, 0.1) is 11.1 Å². The number of amides is 2. The summed E-state index contributed by atoms with van der Waals surface area (Å²) in [6.07, 6.45) is 1.86. The Bertz CT molecular complexity index is 832. The second-order valence-electron chi connectivity index (χ2n) is 8.58. The number of anilines is 1. The highest BCUT2D eigenvalue weighted by Crippen LogP contribution is 2.48. The van der Waals surface area contributed by atoms with Crippen molar-refractivity contribution >= 4 is 23.5 Å². The van der Waals surface area contributed by atoms with Gasteiger partial charge in [0, 0.05) is 18.0 Å². The van der Waals surface area contributed by atoms with Crippen molar-refractivity contribution in [3.8, 4) is 0 Å². The lowest BCUT2D eigenvalue weighted by Crippen LogP contribution is -2.46. The molecule has 2 N–H and O–H groups in total. The Kier molecular flexibility index (Phi) is 5.21. The number of rotatable bonds is 7. The molecule has 0 unspecified atom stereocenters. The molecule has 1 aromatic rings. The Morgan fingerprint density at radius 2 is 1.96 bits per heavy atom. The number of aliphatic carboxylic acids is 1. The van der Waals surface area contributed by atoms with Crippen molar-refractivity contribution < 1.29 is 23.9 Å². The van der Waals surface area contributed by atoms with Crippen LogP contribution in [0.25, 0.3) is 0 Å². The Balaban J connectivity index is 1.79. The number of carbonyl (C=O) groups is 3. The number of nitrogens with one attached hydrogen (secondary N) is 1. The van der Waals surface area contributed by atoms with E-state index in [0.717, 1.165) is 12.8 Å². The number of halogens is 1. The molecule has 2 atom stereocenters. The van der Waals surface area contributed by atoms with Crippen LogP contribution in [0, 0.1) is 11.7 Å². The molecule has 3 rings (SSSR count). The third-order valence-electron chi connectivity index (χ3n) is 5.90. The molecule has 28 heavy (non-hydrogen) atoms. The van der Waals surface area contributed by atoms with Crippen molar-refractivity contribution in [3.63, 3.8) is 0 Å². The molecule has 2 aliphatic rings. The predicted octanol–water partition coefficient (Wildman–Crippen LogP) is 2.94. The zero-order valence-electron chi connectivity index (χ0n) is 16.7. The van der Waals surface area contributed by atoms with Gasteiger partial charge in [-0.2, -0.15) is 0 Å². The average Bonchev–Trinajstić information content (AvgIpc) is 3.39. The molecule has 1 fully saturated rings. The van der Waals surface area contributed by atoms with Gasteiger partial charge in [0.25, 0.3) is 0 Å². The summed E-state index contributed by atoms with van der Waals surface area (Å²) in [6.45, 7) is 6.62. The van der Waals surface area contributed by atoms with E-state index in [4.69, 9.17) is 5.11 Å². The summed E-state index contributed by atoms with van der Waals surface area (Å²) < 4.78 is 15.1. The number of hydrogen-bond acceptors (Lipinski definition) is 3. The first-order chi connectivity index (χ1) is 13.0. The average molecular weight is 390 g/mol. The zero-order chi connectivity index (χ0) is 20.8. The van der Waals surface area contributed by atoms with E-state index in [1.807, 2.05) is 0 Å².